The van der Waals surface area contributed by atoms with E-state index < -0.39 is 10.8 Å². The normalized spacial score (nSPS) is 12.7. The maximum Gasteiger partial charge on any atom is 0.221 e. The van der Waals surface area contributed by atoms with Gasteiger partial charge in [-0.15, -0.1) is 21.5 Å². The van der Waals surface area contributed by atoms with Crippen LogP contribution in [0.4, 0.5) is 0 Å². The Labute approximate surface area is 121 Å². The predicted molar refractivity (Wildman–Crippen MR) is 78.5 cm³/mol. The highest BCUT2D eigenvalue weighted by Gasteiger charge is 2.15. The zero-order valence-electron chi connectivity index (χ0n) is 10.6. The molecule has 0 amide bonds. The van der Waals surface area contributed by atoms with Crippen molar-refractivity contribution in [3.8, 4) is 0 Å². The van der Waals surface area contributed by atoms with E-state index in [2.05, 4.69) is 10.2 Å². The lowest BCUT2D eigenvalue weighted by Crippen LogP contribution is -2.12. The van der Waals surface area contributed by atoms with Crippen LogP contribution in [0.2, 0.25) is 0 Å². The van der Waals surface area contributed by atoms with E-state index in [-0.39, 0.29) is 12.3 Å². The number of Topliss-reactive ketones (excluding diaryl/α,β-unsaturated/α-hetero) is 1. The Balaban J connectivity index is 1.93. The second-order valence-corrected chi connectivity index (χ2v) is 6.45. The molecule has 0 aliphatic heterocycles. The van der Waals surface area contributed by atoms with Gasteiger partial charge in [0.15, 0.2) is 5.78 Å². The summed E-state index contributed by atoms with van der Waals surface area (Å²) in [5, 5.41) is 10.6. The number of fused-ring (bicyclic) bond motifs is 1. The standard InChI is InChI=1S/C13H11N3O2S2/c1-20(18)13-15-14-8-16(13)6-11(17)10-7-19-12-5-3-2-4-9(10)12/h2-5,7-8H,6H2,1H3. The van der Waals surface area contributed by atoms with Crippen LogP contribution < -0.4 is 0 Å². The first-order valence-corrected chi connectivity index (χ1v) is 8.31. The molecular formula is C13H11N3O2S2. The first-order chi connectivity index (χ1) is 9.66. The van der Waals surface area contributed by atoms with Crippen LogP contribution in [-0.4, -0.2) is 31.0 Å². The topological polar surface area (TPSA) is 64.8 Å². The molecule has 5 nitrogen and oxygen atoms in total. The molecule has 2 aromatic heterocycles. The minimum absolute atomic E-state index is 0.0334. The second kappa shape index (κ2) is 5.26. The molecule has 0 N–H and O–H groups in total. The molecule has 0 radical (unpaired) electrons. The molecule has 0 spiro atoms. The van der Waals surface area contributed by atoms with Gasteiger partial charge in [0.1, 0.15) is 6.33 Å². The van der Waals surface area contributed by atoms with Crippen LogP contribution in [0.1, 0.15) is 10.4 Å². The van der Waals surface area contributed by atoms with Gasteiger partial charge in [-0.3, -0.25) is 13.6 Å². The number of aromatic nitrogens is 3. The fourth-order valence-electron chi connectivity index (χ4n) is 2.01. The number of thiophene rings is 1. The maximum absolute atomic E-state index is 12.4. The molecular weight excluding hydrogens is 294 g/mol. The summed E-state index contributed by atoms with van der Waals surface area (Å²) >= 11 is 1.54. The monoisotopic (exact) mass is 305 g/mol. The molecule has 0 bridgehead atoms. The molecule has 102 valence electrons. The summed E-state index contributed by atoms with van der Waals surface area (Å²) < 4.78 is 14.1. The summed E-state index contributed by atoms with van der Waals surface area (Å²) in [6, 6.07) is 7.79. The Kier molecular flexibility index (Phi) is 3.45. The summed E-state index contributed by atoms with van der Waals surface area (Å²) in [4.78, 5) is 12.4. The van der Waals surface area contributed by atoms with E-state index in [1.54, 1.807) is 11.3 Å². The van der Waals surface area contributed by atoms with Crippen molar-refractivity contribution in [2.24, 2.45) is 0 Å². The molecule has 7 heteroatoms. The van der Waals surface area contributed by atoms with E-state index >= 15 is 0 Å². The van der Waals surface area contributed by atoms with Crippen molar-refractivity contribution in [2.45, 2.75) is 11.7 Å². The first-order valence-electron chi connectivity index (χ1n) is 5.87. The average Bonchev–Trinajstić information content (AvgIpc) is 3.04. The molecule has 0 saturated heterocycles. The number of carbonyl (C=O) groups is 1. The Morgan fingerprint density at radius 3 is 3.00 bits per heavy atom. The van der Waals surface area contributed by atoms with Gasteiger partial charge in [0.25, 0.3) is 0 Å². The largest absolute Gasteiger partial charge is 0.299 e. The third kappa shape index (κ3) is 2.30. The molecule has 1 unspecified atom stereocenters. The summed E-state index contributed by atoms with van der Waals surface area (Å²) in [7, 11) is -1.26. The van der Waals surface area contributed by atoms with Crippen LogP contribution in [0.15, 0.2) is 41.1 Å². The van der Waals surface area contributed by atoms with E-state index in [4.69, 9.17) is 0 Å². The molecule has 0 aliphatic rings. The summed E-state index contributed by atoms with van der Waals surface area (Å²) in [5.74, 6) is -0.0334. The van der Waals surface area contributed by atoms with Gasteiger partial charge in [-0.05, 0) is 6.07 Å². The zero-order chi connectivity index (χ0) is 14.1. The lowest BCUT2D eigenvalue weighted by Gasteiger charge is -2.03. The van der Waals surface area contributed by atoms with Crippen molar-refractivity contribution in [2.75, 3.05) is 6.26 Å². The molecule has 1 atom stereocenters. The van der Waals surface area contributed by atoms with E-state index in [0.29, 0.717) is 10.7 Å². The minimum atomic E-state index is -1.26. The average molecular weight is 305 g/mol. The number of benzene rings is 1. The molecule has 3 rings (SSSR count). The third-order valence-electron chi connectivity index (χ3n) is 2.93. The minimum Gasteiger partial charge on any atom is -0.299 e. The third-order valence-corrected chi connectivity index (χ3v) is 4.73. The van der Waals surface area contributed by atoms with Crippen LogP contribution in [0.5, 0.6) is 0 Å². The number of carbonyl (C=O) groups excluding carboxylic acids is 1. The molecule has 0 fully saturated rings. The van der Waals surface area contributed by atoms with E-state index in [0.717, 1.165) is 10.1 Å². The second-order valence-electron chi connectivity index (χ2n) is 4.26. The molecule has 1 aromatic carbocycles. The van der Waals surface area contributed by atoms with Crippen LogP contribution in [0.3, 0.4) is 0 Å². The predicted octanol–water partition coefficient (Wildman–Crippen LogP) is 2.11. The van der Waals surface area contributed by atoms with Crippen LogP contribution in [0, 0.1) is 0 Å². The lowest BCUT2D eigenvalue weighted by atomic mass is 10.1. The lowest BCUT2D eigenvalue weighted by molar-refractivity contribution is 0.0971. The van der Waals surface area contributed by atoms with Crippen LogP contribution in [-0.2, 0) is 17.3 Å². The number of hydrogen-bond donors (Lipinski definition) is 0. The van der Waals surface area contributed by atoms with Gasteiger partial charge in [0.05, 0.1) is 17.3 Å². The Bertz CT molecular complexity index is 807. The van der Waals surface area contributed by atoms with E-state index in [1.807, 2.05) is 29.6 Å². The van der Waals surface area contributed by atoms with Gasteiger partial charge in [-0.1, -0.05) is 18.2 Å². The van der Waals surface area contributed by atoms with Crippen molar-refractivity contribution < 1.29 is 9.00 Å². The molecule has 20 heavy (non-hydrogen) atoms. The fraction of sp³-hybridized carbons (Fsp3) is 0.154. The van der Waals surface area contributed by atoms with Crippen molar-refractivity contribution >= 4 is 38.0 Å². The van der Waals surface area contributed by atoms with Gasteiger partial charge in [-0.25, -0.2) is 0 Å². The van der Waals surface area contributed by atoms with E-state index in [9.17, 15) is 9.00 Å². The van der Waals surface area contributed by atoms with Crippen LogP contribution >= 0.6 is 11.3 Å². The smallest absolute Gasteiger partial charge is 0.221 e. The molecule has 3 aromatic rings. The summed E-state index contributed by atoms with van der Waals surface area (Å²) in [5.41, 5.74) is 0.687. The summed E-state index contributed by atoms with van der Waals surface area (Å²) in [6.07, 6.45) is 2.95. The van der Waals surface area contributed by atoms with Crippen molar-refractivity contribution in [3.63, 3.8) is 0 Å². The quantitative estimate of drug-likeness (QED) is 0.693. The van der Waals surface area contributed by atoms with E-state index in [1.165, 1.54) is 17.2 Å². The van der Waals surface area contributed by atoms with Crippen molar-refractivity contribution in [1.29, 1.82) is 0 Å². The van der Waals surface area contributed by atoms with Gasteiger partial charge in [0.2, 0.25) is 5.16 Å². The first kappa shape index (κ1) is 13.1. The Morgan fingerprint density at radius 1 is 1.40 bits per heavy atom. The zero-order valence-corrected chi connectivity index (χ0v) is 12.3. The number of hydrogen-bond acceptors (Lipinski definition) is 5. The van der Waals surface area contributed by atoms with Gasteiger partial charge < -0.3 is 0 Å². The number of rotatable bonds is 4. The van der Waals surface area contributed by atoms with Gasteiger partial charge in [-0.2, -0.15) is 0 Å². The van der Waals surface area contributed by atoms with Gasteiger partial charge in [0, 0.05) is 27.3 Å². The molecule has 0 aliphatic carbocycles. The summed E-state index contributed by atoms with van der Waals surface area (Å²) in [6.45, 7) is 0.0998. The number of ketones is 1. The highest BCUT2D eigenvalue weighted by atomic mass is 32.2. The molecule has 2 heterocycles. The van der Waals surface area contributed by atoms with Gasteiger partial charge >= 0.3 is 0 Å². The Hall–Kier alpha value is -1.86. The maximum atomic E-state index is 12.4. The Morgan fingerprint density at radius 2 is 2.20 bits per heavy atom. The highest BCUT2D eigenvalue weighted by molar-refractivity contribution is 7.84. The number of nitrogens with zero attached hydrogens (tertiary/aromatic N) is 3. The fourth-order valence-corrected chi connectivity index (χ4v) is 3.58. The van der Waals surface area contributed by atoms with Crippen LogP contribution in [0.25, 0.3) is 10.1 Å². The van der Waals surface area contributed by atoms with Crippen molar-refractivity contribution in [1.82, 2.24) is 14.8 Å². The SMILES string of the molecule is CS(=O)c1nncn1CC(=O)c1csc2ccccc12. The van der Waals surface area contributed by atoms with Crippen molar-refractivity contribution in [3.05, 3.63) is 41.5 Å². The highest BCUT2D eigenvalue weighted by Crippen LogP contribution is 2.26. The molecule has 0 saturated carbocycles.